The molecule has 3 heterocycles. The maximum Gasteiger partial charge on any atom is 0.310 e. The van der Waals surface area contributed by atoms with Gasteiger partial charge in [0.2, 0.25) is 0 Å². The third-order valence-electron chi connectivity index (χ3n) is 19.0. The maximum absolute atomic E-state index is 13.1. The lowest BCUT2D eigenvalue weighted by Crippen LogP contribution is -2.67. The Labute approximate surface area is 376 Å². The highest BCUT2D eigenvalue weighted by Gasteiger charge is 2.70. The lowest BCUT2D eigenvalue weighted by molar-refractivity contribution is -0.387. The number of aliphatic carboxylic acids is 1. The van der Waals surface area contributed by atoms with Crippen molar-refractivity contribution in [1.29, 1.82) is 0 Å². The molecule has 5 aliphatic carbocycles. The molecule has 0 aromatic rings. The first kappa shape index (κ1) is 49.0. The van der Waals surface area contributed by atoms with Gasteiger partial charge in [0.05, 0.1) is 31.3 Å². The van der Waals surface area contributed by atoms with Crippen LogP contribution in [0.15, 0.2) is 11.6 Å². The van der Waals surface area contributed by atoms with Crippen molar-refractivity contribution in [3.8, 4) is 0 Å². The second-order valence-electron chi connectivity index (χ2n) is 23.0. The molecule has 17 nitrogen and oxygen atoms in total. The van der Waals surface area contributed by atoms with Crippen LogP contribution in [0.4, 0.5) is 0 Å². The van der Waals surface area contributed by atoms with E-state index in [1.54, 1.807) is 0 Å². The van der Waals surface area contributed by atoms with E-state index in [9.17, 15) is 55.9 Å². The molecule has 0 aromatic heterocycles. The van der Waals surface area contributed by atoms with Crippen molar-refractivity contribution in [3.05, 3.63) is 11.6 Å². The van der Waals surface area contributed by atoms with Gasteiger partial charge >= 0.3 is 5.97 Å². The van der Waals surface area contributed by atoms with Crippen LogP contribution in [-0.4, -0.2) is 169 Å². The van der Waals surface area contributed by atoms with Gasteiger partial charge in [-0.05, 0) is 109 Å². The van der Waals surface area contributed by atoms with E-state index in [-0.39, 0.29) is 46.2 Å². The molecule has 7 fully saturated rings. The molecule has 0 radical (unpaired) electrons. The number of aliphatic hydroxyl groups excluding tert-OH is 9. The lowest BCUT2D eigenvalue weighted by Gasteiger charge is -2.71. The van der Waals surface area contributed by atoms with E-state index in [2.05, 4.69) is 54.5 Å². The average Bonchev–Trinajstić information content (AvgIpc) is 3.23. The summed E-state index contributed by atoms with van der Waals surface area (Å²) in [7, 11) is 0. The fourth-order valence-corrected chi connectivity index (χ4v) is 14.9. The van der Waals surface area contributed by atoms with Gasteiger partial charge in [0.1, 0.15) is 67.1 Å². The van der Waals surface area contributed by atoms with Crippen LogP contribution in [0.3, 0.4) is 0 Å². The van der Waals surface area contributed by atoms with Crippen LogP contribution in [0.2, 0.25) is 0 Å². The summed E-state index contributed by atoms with van der Waals surface area (Å²) in [5.74, 6) is -0.0117. The van der Waals surface area contributed by atoms with Crippen LogP contribution in [-0.2, 0) is 33.2 Å². The number of hydrogen-bond donors (Lipinski definition) is 10. The van der Waals surface area contributed by atoms with Crippen molar-refractivity contribution in [2.45, 2.75) is 205 Å². The second kappa shape index (κ2) is 17.2. The van der Waals surface area contributed by atoms with Crippen molar-refractivity contribution in [2.24, 2.45) is 50.2 Å². The number of carboxylic acids is 1. The quantitative estimate of drug-likeness (QED) is 0.116. The monoisotopic (exact) mass is 913 g/mol. The summed E-state index contributed by atoms with van der Waals surface area (Å²) < 4.78 is 35.9. The van der Waals surface area contributed by atoms with Crippen LogP contribution >= 0.6 is 0 Å². The smallest absolute Gasteiger partial charge is 0.310 e. The number of rotatable bonds is 9. The van der Waals surface area contributed by atoms with E-state index in [0.29, 0.717) is 18.8 Å². The van der Waals surface area contributed by atoms with Crippen LogP contribution in [0.1, 0.15) is 113 Å². The minimum Gasteiger partial charge on any atom is -0.481 e. The van der Waals surface area contributed by atoms with Gasteiger partial charge < -0.3 is 79.5 Å². The van der Waals surface area contributed by atoms with Crippen LogP contribution in [0, 0.1) is 50.2 Å². The highest BCUT2D eigenvalue weighted by molar-refractivity contribution is 5.76. The number of aliphatic hydroxyl groups is 9. The summed E-state index contributed by atoms with van der Waals surface area (Å²) in [6.45, 7) is 14.6. The summed E-state index contributed by atoms with van der Waals surface area (Å²) in [6, 6.07) is 0. The zero-order valence-corrected chi connectivity index (χ0v) is 38.5. The molecule has 3 saturated heterocycles. The molecule has 22 atom stereocenters. The molecule has 0 bridgehead atoms. The van der Waals surface area contributed by atoms with Crippen LogP contribution < -0.4 is 0 Å². The zero-order valence-electron chi connectivity index (χ0n) is 38.5. The SMILES string of the molecule is CC1(C)CC[C@@]2(C(=O)O)CC[C@@]3(C)C(=CC[C@@H]4[C@]5(C)CC[C@H](O[C@@H]6OC[C@H](O)[C@H](O[C@@H]7O[C@@H](CO)[C@@H](O)[C@H](O)[C@H]7O[C@@H]7O[C@@H](CO)[C@H](O)[C@@H](O)[C@H]7O)[C@H]6O)C(C)(C)[C@H]5CC[C@]43C)[C@H]2C1. The van der Waals surface area contributed by atoms with E-state index >= 15 is 0 Å². The topological polar surface area (TPSA) is 275 Å². The van der Waals surface area contributed by atoms with Gasteiger partial charge in [0.25, 0.3) is 0 Å². The first-order valence-corrected chi connectivity index (χ1v) is 23.7. The third-order valence-corrected chi connectivity index (χ3v) is 19.0. The minimum absolute atomic E-state index is 0.0305. The van der Waals surface area contributed by atoms with Crippen molar-refractivity contribution in [1.82, 2.24) is 0 Å². The first-order valence-electron chi connectivity index (χ1n) is 23.7. The summed E-state index contributed by atoms with van der Waals surface area (Å²) in [4.78, 5) is 13.1. The predicted octanol–water partition coefficient (Wildman–Crippen LogP) is 1.35. The number of carboxylic acid groups (broad SMARTS) is 1. The first-order chi connectivity index (χ1) is 29.9. The molecule has 8 aliphatic rings. The third kappa shape index (κ3) is 7.58. The van der Waals surface area contributed by atoms with Crippen LogP contribution in [0.25, 0.3) is 0 Å². The molecular weight excluding hydrogens is 836 g/mol. The Kier molecular flexibility index (Phi) is 13.2. The second-order valence-corrected chi connectivity index (χ2v) is 23.0. The van der Waals surface area contributed by atoms with Crippen molar-refractivity contribution < 1.29 is 84.3 Å². The molecule has 0 spiro atoms. The summed E-state index contributed by atoms with van der Waals surface area (Å²) >= 11 is 0. The molecule has 64 heavy (non-hydrogen) atoms. The largest absolute Gasteiger partial charge is 0.481 e. The van der Waals surface area contributed by atoms with E-state index in [4.69, 9.17) is 28.4 Å². The molecule has 8 rings (SSSR count). The van der Waals surface area contributed by atoms with Gasteiger partial charge in [-0.25, -0.2) is 0 Å². The summed E-state index contributed by atoms with van der Waals surface area (Å²) in [6.07, 6.45) is -12.1. The average molecular weight is 913 g/mol. The number of hydrogen-bond acceptors (Lipinski definition) is 16. The van der Waals surface area contributed by atoms with Crippen molar-refractivity contribution in [2.75, 3.05) is 19.8 Å². The Morgan fingerprint density at radius 2 is 1.30 bits per heavy atom. The zero-order chi connectivity index (χ0) is 46.7. The molecule has 17 heteroatoms. The Hall–Kier alpha value is -1.39. The van der Waals surface area contributed by atoms with Gasteiger partial charge in [-0.3, -0.25) is 4.79 Å². The highest BCUT2D eigenvalue weighted by Crippen LogP contribution is 2.76. The molecule has 3 aliphatic heterocycles. The van der Waals surface area contributed by atoms with Gasteiger partial charge in [-0.1, -0.05) is 60.1 Å². The number of ether oxygens (including phenoxy) is 6. The van der Waals surface area contributed by atoms with E-state index in [1.807, 2.05) is 0 Å². The summed E-state index contributed by atoms with van der Waals surface area (Å²) in [5, 5.41) is 107. The Balaban J connectivity index is 0.990. The van der Waals surface area contributed by atoms with Gasteiger partial charge in [-0.2, -0.15) is 0 Å². The van der Waals surface area contributed by atoms with Gasteiger partial charge in [-0.15, -0.1) is 0 Å². The van der Waals surface area contributed by atoms with E-state index < -0.39 is 116 Å². The summed E-state index contributed by atoms with van der Waals surface area (Å²) in [5.41, 5.74) is 0.152. The van der Waals surface area contributed by atoms with Crippen LogP contribution in [0.5, 0.6) is 0 Å². The number of carbonyl (C=O) groups is 1. The standard InChI is InChI=1S/C47H76O17/c1-42(2)14-16-47(41(57)58)17-15-45(6)22(23(47)18-42)8-9-28-44(5)12-11-29(43(3,4)27(44)10-13-46(28,45)7)62-38-35(56)36(24(50)21-59-38)63-40-37(33(54)31(52)26(20-49)61-40)64-39-34(55)32(53)30(51)25(19-48)60-39/h8,23-40,48-56H,9-21H2,1-7H3,(H,57,58)/t23-,24+,25+,26+,27-,28-,29+,30+,31-,32-,33+,34-,35-,36+,37-,38+,39+,40+,44-,45+,46-,47-/m1/s1. The number of fused-ring (bicyclic) bond motifs is 7. The fourth-order valence-electron chi connectivity index (χ4n) is 14.9. The molecule has 0 aromatic carbocycles. The molecule has 0 amide bonds. The molecule has 366 valence electrons. The fraction of sp³-hybridized carbons (Fsp3) is 0.936. The molecule has 4 saturated carbocycles. The number of allylic oxidation sites excluding steroid dienone is 2. The maximum atomic E-state index is 13.1. The predicted molar refractivity (Wildman–Crippen MR) is 225 cm³/mol. The van der Waals surface area contributed by atoms with Crippen molar-refractivity contribution >= 4 is 5.97 Å². The van der Waals surface area contributed by atoms with Gasteiger partial charge in [0, 0.05) is 0 Å². The Morgan fingerprint density at radius 1 is 0.672 bits per heavy atom. The van der Waals surface area contributed by atoms with Crippen molar-refractivity contribution in [3.63, 3.8) is 0 Å². The van der Waals surface area contributed by atoms with Gasteiger partial charge in [0.15, 0.2) is 18.9 Å². The normalized spacial score (nSPS) is 53.5. The van der Waals surface area contributed by atoms with E-state index in [0.717, 1.165) is 51.4 Å². The lowest BCUT2D eigenvalue weighted by atomic mass is 9.33. The molecule has 0 unspecified atom stereocenters. The molecular formula is C47H76O17. The Morgan fingerprint density at radius 3 is 1.95 bits per heavy atom. The molecule has 10 N–H and O–H groups in total. The van der Waals surface area contributed by atoms with E-state index in [1.165, 1.54) is 5.57 Å². The minimum atomic E-state index is -1.88. The Bertz CT molecular complexity index is 1740. The highest BCUT2D eigenvalue weighted by atomic mass is 16.8.